The summed E-state index contributed by atoms with van der Waals surface area (Å²) in [5.74, 6) is 4.67. The van der Waals surface area contributed by atoms with Crippen molar-refractivity contribution in [3.63, 3.8) is 0 Å². The molecule has 134 valence electrons. The minimum atomic E-state index is 0.195. The third kappa shape index (κ3) is 2.65. The standard InChI is InChI=1S/C21H29N3O/c25-21(23-11-2-1-3-12-23)17-5-4-10-22-20(17)24-13-18-15-6-7-16(9-8-15)19(18)14-24/h4-5,10,15-16,18-19H,1-3,6-9,11-14H2/t15?,16?,18-,19+. The number of anilines is 1. The van der Waals surface area contributed by atoms with Crippen molar-refractivity contribution in [1.29, 1.82) is 0 Å². The van der Waals surface area contributed by atoms with Gasteiger partial charge in [0.25, 0.3) is 5.91 Å². The number of pyridine rings is 1. The lowest BCUT2D eigenvalue weighted by Crippen LogP contribution is -2.38. The van der Waals surface area contributed by atoms with Gasteiger partial charge in [0, 0.05) is 32.4 Å². The molecule has 3 heterocycles. The summed E-state index contributed by atoms with van der Waals surface area (Å²) in [6.07, 6.45) is 11.1. The Labute approximate surface area is 150 Å². The van der Waals surface area contributed by atoms with Gasteiger partial charge in [0.15, 0.2) is 0 Å². The molecule has 4 nitrogen and oxygen atoms in total. The summed E-state index contributed by atoms with van der Waals surface area (Å²) >= 11 is 0. The molecule has 2 atom stereocenters. The fraction of sp³-hybridized carbons (Fsp3) is 0.714. The van der Waals surface area contributed by atoms with Crippen molar-refractivity contribution >= 4 is 11.7 Å². The van der Waals surface area contributed by atoms with Gasteiger partial charge in [-0.05, 0) is 80.8 Å². The first-order valence-electron chi connectivity index (χ1n) is 10.3. The van der Waals surface area contributed by atoms with Crippen LogP contribution in [-0.4, -0.2) is 42.0 Å². The molecular formula is C21H29N3O. The number of piperidine rings is 1. The molecular weight excluding hydrogens is 310 g/mol. The van der Waals surface area contributed by atoms with Crippen molar-refractivity contribution in [2.45, 2.75) is 44.9 Å². The highest BCUT2D eigenvalue weighted by Gasteiger charge is 2.48. The molecule has 3 aliphatic carbocycles. The van der Waals surface area contributed by atoms with Crippen LogP contribution in [0.1, 0.15) is 55.3 Å². The van der Waals surface area contributed by atoms with E-state index in [4.69, 9.17) is 0 Å². The molecule has 0 N–H and O–H groups in total. The summed E-state index contributed by atoms with van der Waals surface area (Å²) < 4.78 is 0. The number of carbonyl (C=O) groups excluding carboxylic acids is 1. The number of hydrogen-bond acceptors (Lipinski definition) is 3. The summed E-state index contributed by atoms with van der Waals surface area (Å²) in [6.45, 7) is 4.04. The third-order valence-corrected chi connectivity index (χ3v) is 7.40. The second-order valence-electron chi connectivity index (χ2n) is 8.63. The average Bonchev–Trinajstić information content (AvgIpc) is 3.16. The van der Waals surface area contributed by atoms with Crippen molar-refractivity contribution in [3.05, 3.63) is 23.9 Å². The minimum Gasteiger partial charge on any atom is -0.355 e. The number of carbonyl (C=O) groups is 1. The van der Waals surface area contributed by atoms with E-state index in [2.05, 4.69) is 9.88 Å². The first kappa shape index (κ1) is 15.7. The van der Waals surface area contributed by atoms with E-state index in [9.17, 15) is 4.79 Å². The third-order valence-electron chi connectivity index (χ3n) is 7.40. The number of aromatic nitrogens is 1. The van der Waals surface area contributed by atoms with E-state index in [0.29, 0.717) is 0 Å². The Morgan fingerprint density at radius 3 is 2.24 bits per heavy atom. The van der Waals surface area contributed by atoms with E-state index in [0.717, 1.165) is 74.1 Å². The number of nitrogens with zero attached hydrogens (tertiary/aromatic N) is 3. The smallest absolute Gasteiger partial charge is 0.257 e. The molecule has 0 radical (unpaired) electrons. The molecule has 2 bridgehead atoms. The zero-order valence-corrected chi connectivity index (χ0v) is 15.1. The second-order valence-corrected chi connectivity index (χ2v) is 8.63. The van der Waals surface area contributed by atoms with Crippen molar-refractivity contribution in [3.8, 4) is 0 Å². The Bertz CT molecular complexity index is 626. The van der Waals surface area contributed by atoms with Crippen molar-refractivity contribution in [1.82, 2.24) is 9.88 Å². The van der Waals surface area contributed by atoms with Gasteiger partial charge in [0.2, 0.25) is 0 Å². The van der Waals surface area contributed by atoms with Gasteiger partial charge in [-0.3, -0.25) is 4.79 Å². The molecule has 2 saturated heterocycles. The van der Waals surface area contributed by atoms with Gasteiger partial charge < -0.3 is 9.80 Å². The number of likely N-dealkylation sites (tertiary alicyclic amines) is 1. The molecule has 5 aliphatic rings. The molecule has 1 amide bonds. The molecule has 1 aromatic heterocycles. The SMILES string of the molecule is O=C(c1cccnc1N1C[C@@H]2C3CCC(CC3)[C@@H]2C1)N1CCCCC1. The number of rotatable bonds is 2. The fourth-order valence-electron chi connectivity index (χ4n) is 6.11. The summed E-state index contributed by atoms with van der Waals surface area (Å²) in [5, 5.41) is 0. The van der Waals surface area contributed by atoms with Crippen LogP contribution in [0.3, 0.4) is 0 Å². The largest absolute Gasteiger partial charge is 0.355 e. The molecule has 0 aromatic carbocycles. The predicted molar refractivity (Wildman–Crippen MR) is 98.6 cm³/mol. The normalized spacial score (nSPS) is 34.2. The van der Waals surface area contributed by atoms with Crippen LogP contribution in [0.2, 0.25) is 0 Å². The van der Waals surface area contributed by atoms with E-state index in [1.54, 1.807) is 0 Å². The van der Waals surface area contributed by atoms with Crippen LogP contribution in [0.15, 0.2) is 18.3 Å². The van der Waals surface area contributed by atoms with Gasteiger partial charge in [-0.1, -0.05) is 0 Å². The monoisotopic (exact) mass is 339 g/mol. The maximum absolute atomic E-state index is 13.1. The summed E-state index contributed by atoms with van der Waals surface area (Å²) in [6, 6.07) is 3.92. The summed E-state index contributed by atoms with van der Waals surface area (Å²) in [7, 11) is 0. The number of fused-ring (bicyclic) bond motifs is 2. The Balaban J connectivity index is 1.40. The predicted octanol–water partition coefficient (Wildman–Crippen LogP) is 3.58. The summed E-state index contributed by atoms with van der Waals surface area (Å²) in [5.41, 5.74) is 0.829. The molecule has 1 aromatic rings. The highest BCUT2D eigenvalue weighted by molar-refractivity contribution is 5.99. The van der Waals surface area contributed by atoms with Gasteiger partial charge in [-0.25, -0.2) is 4.98 Å². The molecule has 4 heteroatoms. The van der Waals surface area contributed by atoms with E-state index in [1.165, 1.54) is 32.1 Å². The molecule has 5 fully saturated rings. The first-order valence-corrected chi connectivity index (χ1v) is 10.3. The maximum Gasteiger partial charge on any atom is 0.257 e. The van der Waals surface area contributed by atoms with E-state index in [-0.39, 0.29) is 5.91 Å². The van der Waals surface area contributed by atoms with Crippen molar-refractivity contribution in [2.24, 2.45) is 23.7 Å². The van der Waals surface area contributed by atoms with Crippen molar-refractivity contribution in [2.75, 3.05) is 31.1 Å². The van der Waals surface area contributed by atoms with E-state index >= 15 is 0 Å². The molecule has 6 rings (SSSR count). The molecule has 2 aliphatic heterocycles. The Morgan fingerprint density at radius 2 is 1.60 bits per heavy atom. The Hall–Kier alpha value is -1.58. The lowest BCUT2D eigenvalue weighted by atomic mass is 9.60. The van der Waals surface area contributed by atoms with Gasteiger partial charge >= 0.3 is 0 Å². The van der Waals surface area contributed by atoms with Crippen LogP contribution in [0, 0.1) is 23.7 Å². The van der Waals surface area contributed by atoms with E-state index < -0.39 is 0 Å². The highest BCUT2D eigenvalue weighted by atomic mass is 16.2. The first-order chi connectivity index (χ1) is 12.3. The van der Waals surface area contributed by atoms with Gasteiger partial charge in [-0.15, -0.1) is 0 Å². The lowest BCUT2D eigenvalue weighted by Gasteiger charge is -2.44. The Morgan fingerprint density at radius 1 is 0.960 bits per heavy atom. The van der Waals surface area contributed by atoms with E-state index in [1.807, 2.05) is 23.2 Å². The lowest BCUT2D eigenvalue weighted by molar-refractivity contribution is 0.0577. The van der Waals surface area contributed by atoms with Crippen molar-refractivity contribution < 1.29 is 4.79 Å². The molecule has 3 saturated carbocycles. The minimum absolute atomic E-state index is 0.195. The van der Waals surface area contributed by atoms with Crippen LogP contribution in [0.25, 0.3) is 0 Å². The van der Waals surface area contributed by atoms with Crippen LogP contribution in [-0.2, 0) is 0 Å². The Kier molecular flexibility index (Phi) is 3.94. The quantitative estimate of drug-likeness (QED) is 0.826. The van der Waals surface area contributed by atoms with Crippen LogP contribution in [0.5, 0.6) is 0 Å². The van der Waals surface area contributed by atoms with Crippen LogP contribution in [0.4, 0.5) is 5.82 Å². The van der Waals surface area contributed by atoms with Gasteiger partial charge in [0.1, 0.15) is 5.82 Å². The van der Waals surface area contributed by atoms with Gasteiger partial charge in [-0.2, -0.15) is 0 Å². The highest BCUT2D eigenvalue weighted by Crippen LogP contribution is 2.52. The average molecular weight is 339 g/mol. The van der Waals surface area contributed by atoms with Crippen LogP contribution < -0.4 is 4.90 Å². The zero-order chi connectivity index (χ0) is 16.8. The molecule has 0 unspecified atom stereocenters. The topological polar surface area (TPSA) is 36.4 Å². The number of amides is 1. The molecule has 0 spiro atoms. The zero-order valence-electron chi connectivity index (χ0n) is 15.1. The maximum atomic E-state index is 13.1. The summed E-state index contributed by atoms with van der Waals surface area (Å²) in [4.78, 5) is 22.3. The fourth-order valence-corrected chi connectivity index (χ4v) is 6.11. The second kappa shape index (κ2) is 6.30. The van der Waals surface area contributed by atoms with Crippen LogP contribution >= 0.6 is 0 Å². The molecule has 25 heavy (non-hydrogen) atoms. The van der Waals surface area contributed by atoms with Gasteiger partial charge in [0.05, 0.1) is 5.56 Å². The number of hydrogen-bond donors (Lipinski definition) is 0.